The van der Waals surface area contributed by atoms with Crippen LogP contribution in [0.5, 0.6) is 11.5 Å². The SMILES string of the molecule is Fc1ccc(Nc2cc(Nc3ccc4c(c3)OCCO4)ncn2)c(F)c1F. The molecule has 9 heteroatoms. The minimum Gasteiger partial charge on any atom is -0.486 e. The largest absolute Gasteiger partial charge is 0.486 e. The number of halogens is 3. The summed E-state index contributed by atoms with van der Waals surface area (Å²) in [4.78, 5) is 8.03. The molecule has 0 saturated carbocycles. The van der Waals surface area contributed by atoms with E-state index in [1.807, 2.05) is 0 Å². The summed E-state index contributed by atoms with van der Waals surface area (Å²) < 4.78 is 51.1. The number of ether oxygens (including phenoxy) is 2. The van der Waals surface area contributed by atoms with Gasteiger partial charge < -0.3 is 20.1 Å². The molecule has 0 aliphatic carbocycles. The number of nitrogens with one attached hydrogen (secondary N) is 2. The zero-order valence-electron chi connectivity index (χ0n) is 13.8. The molecule has 0 fully saturated rings. The van der Waals surface area contributed by atoms with Gasteiger partial charge in [0.2, 0.25) is 0 Å². The molecular formula is C18H13F3N4O2. The van der Waals surface area contributed by atoms with Crippen LogP contribution < -0.4 is 20.1 Å². The third-order valence-electron chi connectivity index (χ3n) is 3.78. The van der Waals surface area contributed by atoms with E-state index in [-0.39, 0.29) is 11.5 Å². The van der Waals surface area contributed by atoms with Crippen molar-refractivity contribution in [3.05, 3.63) is 60.2 Å². The number of aromatic nitrogens is 2. The summed E-state index contributed by atoms with van der Waals surface area (Å²) in [5, 5.41) is 5.66. The van der Waals surface area contributed by atoms with Crippen LogP contribution in [0.25, 0.3) is 0 Å². The number of anilines is 4. The van der Waals surface area contributed by atoms with Gasteiger partial charge in [-0.05, 0) is 24.3 Å². The van der Waals surface area contributed by atoms with E-state index in [9.17, 15) is 13.2 Å². The molecule has 2 aromatic carbocycles. The molecule has 0 bridgehead atoms. The Bertz CT molecular complexity index is 1000. The molecule has 2 heterocycles. The fraction of sp³-hybridized carbons (Fsp3) is 0.111. The van der Waals surface area contributed by atoms with Crippen molar-refractivity contribution in [2.75, 3.05) is 23.8 Å². The number of benzene rings is 2. The first-order chi connectivity index (χ1) is 13.1. The Morgan fingerprint density at radius 3 is 2.33 bits per heavy atom. The highest BCUT2D eigenvalue weighted by Crippen LogP contribution is 2.33. The van der Waals surface area contributed by atoms with E-state index in [1.54, 1.807) is 18.2 Å². The van der Waals surface area contributed by atoms with E-state index in [0.717, 1.165) is 12.1 Å². The van der Waals surface area contributed by atoms with E-state index in [0.29, 0.717) is 36.2 Å². The predicted octanol–water partition coefficient (Wildman–Crippen LogP) is 4.15. The smallest absolute Gasteiger partial charge is 0.196 e. The third-order valence-corrected chi connectivity index (χ3v) is 3.78. The van der Waals surface area contributed by atoms with Crippen LogP contribution >= 0.6 is 0 Å². The van der Waals surface area contributed by atoms with Gasteiger partial charge in [-0.2, -0.15) is 0 Å². The minimum atomic E-state index is -1.55. The van der Waals surface area contributed by atoms with Gasteiger partial charge in [0.1, 0.15) is 31.2 Å². The quantitative estimate of drug-likeness (QED) is 0.669. The second-order valence-electron chi connectivity index (χ2n) is 5.62. The first kappa shape index (κ1) is 17.0. The van der Waals surface area contributed by atoms with E-state index in [4.69, 9.17) is 9.47 Å². The average molecular weight is 374 g/mol. The normalized spacial score (nSPS) is 12.6. The lowest BCUT2D eigenvalue weighted by atomic mass is 10.2. The molecule has 4 rings (SSSR count). The summed E-state index contributed by atoms with van der Waals surface area (Å²) in [7, 11) is 0. The Balaban J connectivity index is 1.54. The van der Waals surface area contributed by atoms with Crippen LogP contribution in [0, 0.1) is 17.5 Å². The van der Waals surface area contributed by atoms with Crippen molar-refractivity contribution in [3.63, 3.8) is 0 Å². The van der Waals surface area contributed by atoms with Crippen molar-refractivity contribution < 1.29 is 22.6 Å². The summed E-state index contributed by atoms with van der Waals surface area (Å²) in [6, 6.07) is 8.74. The van der Waals surface area contributed by atoms with Crippen LogP contribution in [0.15, 0.2) is 42.7 Å². The summed E-state index contributed by atoms with van der Waals surface area (Å²) in [6.45, 7) is 0.971. The Morgan fingerprint density at radius 2 is 1.52 bits per heavy atom. The molecule has 0 spiro atoms. The summed E-state index contributed by atoms with van der Waals surface area (Å²) in [5.74, 6) is -2.25. The highest BCUT2D eigenvalue weighted by atomic mass is 19.2. The van der Waals surface area contributed by atoms with Gasteiger partial charge in [0.05, 0.1) is 5.69 Å². The van der Waals surface area contributed by atoms with Crippen molar-refractivity contribution in [3.8, 4) is 11.5 Å². The van der Waals surface area contributed by atoms with E-state index >= 15 is 0 Å². The molecule has 0 radical (unpaired) electrons. The molecule has 27 heavy (non-hydrogen) atoms. The van der Waals surface area contributed by atoms with Crippen LogP contribution in [0.1, 0.15) is 0 Å². The van der Waals surface area contributed by atoms with Crippen molar-refractivity contribution in [1.29, 1.82) is 0 Å². The van der Waals surface area contributed by atoms with Gasteiger partial charge >= 0.3 is 0 Å². The maximum atomic E-state index is 13.8. The van der Waals surface area contributed by atoms with Gasteiger partial charge in [0.25, 0.3) is 0 Å². The molecular weight excluding hydrogens is 361 g/mol. The Kier molecular flexibility index (Phi) is 4.41. The lowest BCUT2D eigenvalue weighted by Crippen LogP contribution is -2.15. The van der Waals surface area contributed by atoms with Gasteiger partial charge in [0.15, 0.2) is 29.0 Å². The lowest BCUT2D eigenvalue weighted by Gasteiger charge is -2.19. The van der Waals surface area contributed by atoms with Gasteiger partial charge in [-0.15, -0.1) is 0 Å². The van der Waals surface area contributed by atoms with Crippen LogP contribution in [-0.2, 0) is 0 Å². The maximum Gasteiger partial charge on any atom is 0.196 e. The van der Waals surface area contributed by atoms with Gasteiger partial charge in [-0.1, -0.05) is 0 Å². The van der Waals surface area contributed by atoms with Crippen LogP contribution in [0.4, 0.5) is 36.2 Å². The molecule has 1 aliphatic rings. The number of rotatable bonds is 4. The van der Waals surface area contributed by atoms with Gasteiger partial charge in [-0.3, -0.25) is 0 Å². The second-order valence-corrected chi connectivity index (χ2v) is 5.62. The number of fused-ring (bicyclic) bond motifs is 1. The molecule has 138 valence electrons. The Hall–Kier alpha value is -3.49. The van der Waals surface area contributed by atoms with Gasteiger partial charge in [0, 0.05) is 17.8 Å². The molecule has 6 nitrogen and oxygen atoms in total. The van der Waals surface area contributed by atoms with Crippen molar-refractivity contribution >= 4 is 23.0 Å². The minimum absolute atomic E-state index is 0.204. The average Bonchev–Trinajstić information content (AvgIpc) is 2.69. The Labute approximate surface area is 152 Å². The van der Waals surface area contributed by atoms with E-state index < -0.39 is 17.5 Å². The lowest BCUT2D eigenvalue weighted by molar-refractivity contribution is 0.171. The molecule has 3 aromatic rings. The summed E-state index contributed by atoms with van der Waals surface area (Å²) >= 11 is 0. The third kappa shape index (κ3) is 3.57. The molecule has 1 aromatic heterocycles. The van der Waals surface area contributed by atoms with E-state index in [1.165, 1.54) is 12.4 Å². The fourth-order valence-corrected chi connectivity index (χ4v) is 2.52. The highest BCUT2D eigenvalue weighted by molar-refractivity contribution is 5.65. The van der Waals surface area contributed by atoms with Crippen molar-refractivity contribution in [2.45, 2.75) is 0 Å². The molecule has 1 aliphatic heterocycles. The first-order valence-corrected chi connectivity index (χ1v) is 7.99. The van der Waals surface area contributed by atoms with Gasteiger partial charge in [-0.25, -0.2) is 23.1 Å². The molecule has 2 N–H and O–H groups in total. The van der Waals surface area contributed by atoms with Crippen molar-refractivity contribution in [2.24, 2.45) is 0 Å². The summed E-state index contributed by atoms with van der Waals surface area (Å²) in [5.41, 5.74) is 0.459. The number of nitrogens with zero attached hydrogens (tertiary/aromatic N) is 2. The van der Waals surface area contributed by atoms with Crippen LogP contribution in [0.3, 0.4) is 0 Å². The zero-order valence-corrected chi connectivity index (χ0v) is 13.8. The number of hydrogen-bond donors (Lipinski definition) is 2. The van der Waals surface area contributed by atoms with Crippen molar-refractivity contribution in [1.82, 2.24) is 9.97 Å². The number of hydrogen-bond acceptors (Lipinski definition) is 6. The second kappa shape index (κ2) is 7.02. The topological polar surface area (TPSA) is 68.3 Å². The maximum absolute atomic E-state index is 13.8. The predicted molar refractivity (Wildman–Crippen MR) is 92.3 cm³/mol. The molecule has 0 unspecified atom stereocenters. The van der Waals surface area contributed by atoms with Crippen LogP contribution in [0.2, 0.25) is 0 Å². The first-order valence-electron chi connectivity index (χ1n) is 7.99. The molecule has 0 atom stereocenters. The monoisotopic (exact) mass is 374 g/mol. The Morgan fingerprint density at radius 1 is 0.778 bits per heavy atom. The zero-order chi connectivity index (χ0) is 18.8. The summed E-state index contributed by atoms with van der Waals surface area (Å²) in [6.07, 6.45) is 1.25. The van der Waals surface area contributed by atoms with Crippen LogP contribution in [-0.4, -0.2) is 23.2 Å². The van der Waals surface area contributed by atoms with E-state index in [2.05, 4.69) is 20.6 Å². The molecule has 0 saturated heterocycles. The molecule has 0 amide bonds. The standard InChI is InChI=1S/C18H13F3N4O2/c19-11-2-3-12(18(21)17(11)20)25-16-8-15(22-9-23-16)24-10-1-4-13-14(7-10)27-6-5-26-13/h1-4,7-9H,5-6H2,(H2,22,23,24,25). The highest BCUT2D eigenvalue weighted by Gasteiger charge is 2.15. The fourth-order valence-electron chi connectivity index (χ4n) is 2.52.